The van der Waals surface area contributed by atoms with Crippen LogP contribution in [0.5, 0.6) is 5.88 Å². The Balaban J connectivity index is 1.54. The number of aromatic hydroxyl groups is 1. The van der Waals surface area contributed by atoms with Crippen LogP contribution in [0.25, 0.3) is 0 Å². The number of aromatic amines is 2. The lowest BCUT2D eigenvalue weighted by atomic mass is 9.98. The van der Waals surface area contributed by atoms with Gasteiger partial charge < -0.3 is 10.4 Å². The summed E-state index contributed by atoms with van der Waals surface area (Å²) in [5.41, 5.74) is 3.15. The third kappa shape index (κ3) is 4.46. The number of H-pyrrole nitrogens is 2. The first kappa shape index (κ1) is 21.9. The smallest absolute Gasteiger partial charge is 0.282 e. The molecule has 0 saturated carbocycles. The van der Waals surface area contributed by atoms with Gasteiger partial charge in [-0.15, -0.1) is 0 Å². The Bertz CT molecular complexity index is 1450. The molecule has 0 spiro atoms. The maximum absolute atomic E-state index is 12.9. The van der Waals surface area contributed by atoms with Crippen molar-refractivity contribution in [2.45, 2.75) is 15.8 Å². The number of rotatable bonds is 7. The Morgan fingerprint density at radius 2 is 1.65 bits per heavy atom. The van der Waals surface area contributed by atoms with Crippen molar-refractivity contribution in [1.29, 1.82) is 0 Å². The Labute approximate surface area is 204 Å². The molecule has 3 aromatic carbocycles. The molecule has 2 heterocycles. The lowest BCUT2D eigenvalue weighted by Crippen LogP contribution is -2.16. The highest BCUT2D eigenvalue weighted by atomic mass is 35.5. The van der Waals surface area contributed by atoms with Gasteiger partial charge in [0, 0.05) is 16.8 Å². The molecule has 0 aliphatic rings. The molecule has 0 fully saturated rings. The highest BCUT2D eigenvalue weighted by Crippen LogP contribution is 2.38. The van der Waals surface area contributed by atoms with E-state index in [-0.39, 0.29) is 16.3 Å². The molecule has 5 rings (SSSR count). The van der Waals surface area contributed by atoms with Gasteiger partial charge in [-0.2, -0.15) is 5.10 Å². The van der Waals surface area contributed by atoms with Gasteiger partial charge in [0.25, 0.3) is 5.56 Å². The first-order chi connectivity index (χ1) is 16.6. The highest BCUT2D eigenvalue weighted by molar-refractivity contribution is 7.99. The van der Waals surface area contributed by atoms with E-state index in [1.165, 1.54) is 4.68 Å². The number of hydrogen-bond acceptors (Lipinski definition) is 5. The van der Waals surface area contributed by atoms with E-state index >= 15 is 0 Å². The van der Waals surface area contributed by atoms with E-state index in [2.05, 4.69) is 20.6 Å². The van der Waals surface area contributed by atoms with Gasteiger partial charge in [0.05, 0.1) is 16.9 Å². The fourth-order valence-corrected chi connectivity index (χ4v) is 4.81. The molecule has 34 heavy (non-hydrogen) atoms. The van der Waals surface area contributed by atoms with E-state index in [4.69, 9.17) is 11.6 Å². The van der Waals surface area contributed by atoms with Gasteiger partial charge in [0.15, 0.2) is 0 Å². The van der Waals surface area contributed by atoms with Crippen LogP contribution < -0.4 is 10.9 Å². The SMILES string of the molecule is O=c1[nH]n(C(c2ccccc2)c2ccc(Nc3cn[nH]c3)cc2)c(O)c1Sc1ccccc1Cl. The molecular weight excluding hydrogens is 470 g/mol. The first-order valence-electron chi connectivity index (χ1n) is 10.5. The number of benzene rings is 3. The van der Waals surface area contributed by atoms with E-state index in [1.807, 2.05) is 72.8 Å². The lowest BCUT2D eigenvalue weighted by molar-refractivity contribution is 0.384. The molecule has 0 aliphatic carbocycles. The van der Waals surface area contributed by atoms with Crippen LogP contribution in [0.1, 0.15) is 17.2 Å². The average molecular weight is 490 g/mol. The second kappa shape index (κ2) is 9.54. The van der Waals surface area contributed by atoms with E-state index in [0.29, 0.717) is 9.92 Å². The van der Waals surface area contributed by atoms with Crippen LogP contribution in [0.2, 0.25) is 5.02 Å². The van der Waals surface area contributed by atoms with Crippen LogP contribution in [0.4, 0.5) is 11.4 Å². The maximum atomic E-state index is 12.9. The standard InChI is InChI=1S/C25H20ClN5O2S/c26-20-8-4-5-9-21(20)34-23-24(32)30-31(25(23)33)22(16-6-2-1-3-7-16)17-10-12-18(13-11-17)29-19-14-27-28-15-19/h1-15,22,29,33H,(H,27,28)(H,30,32). The Hall–Kier alpha value is -3.88. The largest absolute Gasteiger partial charge is 0.493 e. The maximum Gasteiger partial charge on any atom is 0.282 e. The summed E-state index contributed by atoms with van der Waals surface area (Å²) >= 11 is 7.41. The second-order valence-electron chi connectivity index (χ2n) is 7.54. The predicted octanol–water partition coefficient (Wildman–Crippen LogP) is 5.79. The summed E-state index contributed by atoms with van der Waals surface area (Å²) in [5.74, 6) is -0.149. The number of aromatic nitrogens is 4. The van der Waals surface area contributed by atoms with Gasteiger partial charge in [-0.3, -0.25) is 15.0 Å². The normalized spacial score (nSPS) is 11.9. The Kier molecular flexibility index (Phi) is 6.16. The van der Waals surface area contributed by atoms with Crippen LogP contribution >= 0.6 is 23.4 Å². The van der Waals surface area contributed by atoms with Crippen molar-refractivity contribution in [1.82, 2.24) is 20.0 Å². The van der Waals surface area contributed by atoms with Crippen molar-refractivity contribution < 1.29 is 5.11 Å². The minimum atomic E-state index is -0.447. The first-order valence-corrected chi connectivity index (χ1v) is 11.7. The topological polar surface area (TPSA) is 98.7 Å². The minimum absolute atomic E-state index is 0.149. The second-order valence-corrected chi connectivity index (χ2v) is 9.00. The zero-order chi connectivity index (χ0) is 23.5. The molecule has 0 saturated heterocycles. The van der Waals surface area contributed by atoms with Crippen LogP contribution in [0, 0.1) is 0 Å². The van der Waals surface area contributed by atoms with Crippen molar-refractivity contribution in [3.8, 4) is 5.88 Å². The van der Waals surface area contributed by atoms with Gasteiger partial charge in [-0.05, 0) is 35.4 Å². The number of nitrogens with one attached hydrogen (secondary N) is 3. The molecule has 0 amide bonds. The molecule has 9 heteroatoms. The third-order valence-electron chi connectivity index (χ3n) is 5.30. The van der Waals surface area contributed by atoms with Crippen LogP contribution in [0.3, 0.4) is 0 Å². The fourth-order valence-electron chi connectivity index (χ4n) is 3.70. The molecule has 0 bridgehead atoms. The van der Waals surface area contributed by atoms with Crippen molar-refractivity contribution in [3.63, 3.8) is 0 Å². The van der Waals surface area contributed by atoms with Crippen molar-refractivity contribution in [3.05, 3.63) is 118 Å². The monoisotopic (exact) mass is 489 g/mol. The molecule has 1 atom stereocenters. The summed E-state index contributed by atoms with van der Waals surface area (Å²) in [4.78, 5) is 13.7. The van der Waals surface area contributed by atoms with E-state index < -0.39 is 6.04 Å². The zero-order valence-corrected chi connectivity index (χ0v) is 19.3. The van der Waals surface area contributed by atoms with Gasteiger partial charge in [-0.1, -0.05) is 78.0 Å². The van der Waals surface area contributed by atoms with Gasteiger partial charge in [0.2, 0.25) is 5.88 Å². The molecule has 0 aliphatic heterocycles. The van der Waals surface area contributed by atoms with Crippen LogP contribution in [-0.2, 0) is 0 Å². The molecule has 0 radical (unpaired) electrons. The van der Waals surface area contributed by atoms with Crippen molar-refractivity contribution in [2.75, 3.05) is 5.32 Å². The summed E-state index contributed by atoms with van der Waals surface area (Å²) < 4.78 is 1.50. The number of halogens is 1. The third-order valence-corrected chi connectivity index (χ3v) is 6.88. The highest BCUT2D eigenvalue weighted by Gasteiger charge is 2.24. The fraction of sp³-hybridized carbons (Fsp3) is 0.0400. The number of anilines is 2. The van der Waals surface area contributed by atoms with Crippen molar-refractivity contribution >= 4 is 34.7 Å². The van der Waals surface area contributed by atoms with E-state index in [1.54, 1.807) is 18.5 Å². The van der Waals surface area contributed by atoms with Gasteiger partial charge in [0.1, 0.15) is 10.9 Å². The average Bonchev–Trinajstić information content (AvgIpc) is 3.46. The number of nitrogens with zero attached hydrogens (tertiary/aromatic N) is 2. The van der Waals surface area contributed by atoms with Crippen molar-refractivity contribution in [2.24, 2.45) is 0 Å². The Morgan fingerprint density at radius 3 is 2.35 bits per heavy atom. The summed E-state index contributed by atoms with van der Waals surface area (Å²) in [5, 5.41) is 24.4. The molecular formula is C25H20ClN5O2S. The molecule has 1 unspecified atom stereocenters. The van der Waals surface area contributed by atoms with E-state index in [0.717, 1.165) is 34.3 Å². The Morgan fingerprint density at radius 1 is 0.941 bits per heavy atom. The quantitative estimate of drug-likeness (QED) is 0.232. The zero-order valence-electron chi connectivity index (χ0n) is 17.8. The van der Waals surface area contributed by atoms with Crippen LogP contribution in [0.15, 0.2) is 106 Å². The van der Waals surface area contributed by atoms with E-state index in [9.17, 15) is 9.90 Å². The molecule has 170 valence electrons. The van der Waals surface area contributed by atoms with Gasteiger partial charge >= 0.3 is 0 Å². The molecule has 7 nitrogen and oxygen atoms in total. The summed E-state index contributed by atoms with van der Waals surface area (Å²) in [6, 6.07) is 24.3. The molecule has 4 N–H and O–H groups in total. The van der Waals surface area contributed by atoms with Gasteiger partial charge in [-0.25, -0.2) is 4.68 Å². The summed E-state index contributed by atoms with van der Waals surface area (Å²) in [6.45, 7) is 0. The summed E-state index contributed by atoms with van der Waals surface area (Å²) in [7, 11) is 0. The number of hydrogen-bond donors (Lipinski definition) is 4. The van der Waals surface area contributed by atoms with Crippen LogP contribution in [-0.4, -0.2) is 25.1 Å². The lowest BCUT2D eigenvalue weighted by Gasteiger charge is -2.21. The summed E-state index contributed by atoms with van der Waals surface area (Å²) in [6.07, 6.45) is 3.46. The molecule has 2 aromatic heterocycles. The minimum Gasteiger partial charge on any atom is -0.493 e. The molecule has 5 aromatic rings. The predicted molar refractivity (Wildman–Crippen MR) is 134 cm³/mol.